The van der Waals surface area contributed by atoms with Crippen molar-refractivity contribution in [2.45, 2.75) is 45.5 Å². The van der Waals surface area contributed by atoms with E-state index in [4.69, 9.17) is 13.7 Å². The predicted octanol–water partition coefficient (Wildman–Crippen LogP) is 2.55. The average molecular weight is 328 g/mol. The fourth-order valence-electron chi connectivity index (χ4n) is 2.67. The van der Waals surface area contributed by atoms with E-state index < -0.39 is 18.3 Å². The SMILES string of the molecule is CC1(C)OB(c2ccc(-c3ccc(C=O)o3)c(CO)c2)OC1(C)C. The highest BCUT2D eigenvalue weighted by molar-refractivity contribution is 6.62. The zero-order chi connectivity index (χ0) is 17.5. The molecule has 1 saturated heterocycles. The number of rotatable bonds is 4. The van der Waals surface area contributed by atoms with Crippen LogP contribution in [-0.2, 0) is 15.9 Å². The average Bonchev–Trinajstić information content (AvgIpc) is 3.09. The van der Waals surface area contributed by atoms with Crippen LogP contribution in [0.5, 0.6) is 0 Å². The van der Waals surface area contributed by atoms with Gasteiger partial charge in [0.05, 0.1) is 17.8 Å². The van der Waals surface area contributed by atoms with E-state index in [2.05, 4.69) is 0 Å². The van der Waals surface area contributed by atoms with Gasteiger partial charge in [0.15, 0.2) is 12.0 Å². The highest BCUT2D eigenvalue weighted by atomic mass is 16.7. The zero-order valence-corrected chi connectivity index (χ0v) is 14.3. The van der Waals surface area contributed by atoms with Gasteiger partial charge in [0, 0.05) is 5.56 Å². The van der Waals surface area contributed by atoms with Crippen LogP contribution in [0.15, 0.2) is 34.7 Å². The van der Waals surface area contributed by atoms with Crippen LogP contribution in [0.3, 0.4) is 0 Å². The minimum Gasteiger partial charge on any atom is -0.453 e. The summed E-state index contributed by atoms with van der Waals surface area (Å²) < 4.78 is 17.5. The van der Waals surface area contributed by atoms with Crippen molar-refractivity contribution in [2.24, 2.45) is 0 Å². The summed E-state index contributed by atoms with van der Waals surface area (Å²) in [5.41, 5.74) is 1.43. The normalized spacial score (nSPS) is 18.8. The van der Waals surface area contributed by atoms with Gasteiger partial charge in [0.25, 0.3) is 0 Å². The van der Waals surface area contributed by atoms with Crippen LogP contribution in [0.1, 0.15) is 43.8 Å². The second-order valence-corrected chi connectivity index (χ2v) is 6.98. The van der Waals surface area contributed by atoms with Crippen molar-refractivity contribution in [3.05, 3.63) is 41.7 Å². The Kier molecular flexibility index (Phi) is 4.15. The molecule has 24 heavy (non-hydrogen) atoms. The van der Waals surface area contributed by atoms with Crippen LogP contribution in [0.4, 0.5) is 0 Å². The molecule has 2 aromatic rings. The first-order valence-corrected chi connectivity index (χ1v) is 7.92. The molecular weight excluding hydrogens is 307 g/mol. The van der Waals surface area contributed by atoms with Gasteiger partial charge in [-0.2, -0.15) is 0 Å². The Morgan fingerprint density at radius 3 is 2.29 bits per heavy atom. The van der Waals surface area contributed by atoms with Crippen LogP contribution in [-0.4, -0.2) is 29.7 Å². The van der Waals surface area contributed by atoms with Crippen LogP contribution in [0.25, 0.3) is 11.3 Å². The van der Waals surface area contributed by atoms with Crippen molar-refractivity contribution in [2.75, 3.05) is 0 Å². The Morgan fingerprint density at radius 2 is 1.75 bits per heavy atom. The molecule has 1 N–H and O–H groups in total. The molecular formula is C18H21BO5. The van der Waals surface area contributed by atoms with E-state index in [-0.39, 0.29) is 12.4 Å². The van der Waals surface area contributed by atoms with Crippen molar-refractivity contribution in [3.63, 3.8) is 0 Å². The van der Waals surface area contributed by atoms with Gasteiger partial charge >= 0.3 is 7.12 Å². The monoisotopic (exact) mass is 328 g/mol. The fourth-order valence-corrected chi connectivity index (χ4v) is 2.67. The first kappa shape index (κ1) is 17.0. The van der Waals surface area contributed by atoms with E-state index in [0.29, 0.717) is 17.6 Å². The van der Waals surface area contributed by atoms with E-state index in [1.807, 2.05) is 45.9 Å². The summed E-state index contributed by atoms with van der Waals surface area (Å²) in [5.74, 6) is 0.797. The molecule has 3 rings (SSSR count). The summed E-state index contributed by atoms with van der Waals surface area (Å²) in [5, 5.41) is 9.72. The molecule has 0 aliphatic carbocycles. The van der Waals surface area contributed by atoms with E-state index in [9.17, 15) is 9.90 Å². The number of carbonyl (C=O) groups is 1. The maximum Gasteiger partial charge on any atom is 0.494 e. The molecule has 0 spiro atoms. The Hall–Kier alpha value is -1.89. The van der Waals surface area contributed by atoms with E-state index in [1.165, 1.54) is 0 Å². The summed E-state index contributed by atoms with van der Waals surface area (Å²) >= 11 is 0. The molecule has 1 aromatic carbocycles. The lowest BCUT2D eigenvalue weighted by Gasteiger charge is -2.32. The molecule has 1 fully saturated rings. The summed E-state index contributed by atoms with van der Waals surface area (Å²) in [6.07, 6.45) is 0.654. The number of hydrogen-bond donors (Lipinski definition) is 1. The van der Waals surface area contributed by atoms with Crippen molar-refractivity contribution in [1.29, 1.82) is 0 Å². The smallest absolute Gasteiger partial charge is 0.453 e. The van der Waals surface area contributed by atoms with Crippen molar-refractivity contribution < 1.29 is 23.6 Å². The molecule has 1 aliphatic heterocycles. The third-order valence-corrected chi connectivity index (χ3v) is 4.83. The lowest BCUT2D eigenvalue weighted by atomic mass is 9.77. The summed E-state index contributed by atoms with van der Waals surface area (Å²) in [6.45, 7) is 7.84. The minimum atomic E-state index is -0.489. The third kappa shape index (κ3) is 2.81. The molecule has 2 heterocycles. The van der Waals surface area contributed by atoms with Gasteiger partial charge in [-0.1, -0.05) is 18.2 Å². The van der Waals surface area contributed by atoms with Gasteiger partial charge in [0.1, 0.15) is 5.76 Å². The van der Waals surface area contributed by atoms with Gasteiger partial charge in [-0.3, -0.25) is 4.79 Å². The molecule has 126 valence electrons. The summed E-state index contributed by atoms with van der Waals surface area (Å²) in [4.78, 5) is 10.8. The van der Waals surface area contributed by atoms with Crippen molar-refractivity contribution >= 4 is 18.9 Å². The largest absolute Gasteiger partial charge is 0.494 e. The highest BCUT2D eigenvalue weighted by Crippen LogP contribution is 2.36. The van der Waals surface area contributed by atoms with Gasteiger partial charge in [-0.05, 0) is 50.9 Å². The predicted molar refractivity (Wildman–Crippen MR) is 91.2 cm³/mol. The molecule has 0 amide bonds. The number of carbonyl (C=O) groups excluding carboxylic acids is 1. The van der Waals surface area contributed by atoms with Crippen molar-refractivity contribution in [3.8, 4) is 11.3 Å². The summed E-state index contributed by atoms with van der Waals surface area (Å²) in [6, 6.07) is 8.90. The Morgan fingerprint density at radius 1 is 1.08 bits per heavy atom. The molecule has 0 bridgehead atoms. The molecule has 5 nitrogen and oxygen atoms in total. The fraction of sp³-hybridized carbons (Fsp3) is 0.389. The Labute approximate surface area is 141 Å². The molecule has 0 radical (unpaired) electrons. The second-order valence-electron chi connectivity index (χ2n) is 6.98. The minimum absolute atomic E-state index is 0.153. The summed E-state index contributed by atoms with van der Waals surface area (Å²) in [7, 11) is -0.489. The lowest BCUT2D eigenvalue weighted by Crippen LogP contribution is -2.41. The first-order chi connectivity index (χ1) is 11.3. The standard InChI is InChI=1S/C18H21BO5/c1-17(2)18(3,4)24-19(23-17)13-5-7-15(12(9-13)10-20)16-8-6-14(11-21)22-16/h5-9,11,20H,10H2,1-4H3. The number of aliphatic hydroxyl groups is 1. The van der Waals surface area contributed by atoms with Crippen LogP contribution < -0.4 is 5.46 Å². The van der Waals surface area contributed by atoms with Crippen molar-refractivity contribution in [1.82, 2.24) is 0 Å². The second kappa shape index (κ2) is 5.88. The van der Waals surface area contributed by atoms with E-state index in [0.717, 1.165) is 11.0 Å². The van der Waals surface area contributed by atoms with Gasteiger partial charge in [-0.25, -0.2) is 0 Å². The molecule has 1 aromatic heterocycles. The molecule has 6 heteroatoms. The van der Waals surface area contributed by atoms with Gasteiger partial charge < -0.3 is 18.8 Å². The zero-order valence-electron chi connectivity index (χ0n) is 14.3. The number of aliphatic hydroxyl groups excluding tert-OH is 1. The molecule has 0 saturated carbocycles. The maximum atomic E-state index is 10.8. The number of benzene rings is 1. The molecule has 0 unspecified atom stereocenters. The van der Waals surface area contributed by atoms with Crippen LogP contribution in [0.2, 0.25) is 0 Å². The van der Waals surface area contributed by atoms with Gasteiger partial charge in [0.2, 0.25) is 0 Å². The number of aldehydes is 1. The number of hydrogen-bond acceptors (Lipinski definition) is 5. The lowest BCUT2D eigenvalue weighted by molar-refractivity contribution is 0.00578. The van der Waals surface area contributed by atoms with E-state index in [1.54, 1.807) is 12.1 Å². The topological polar surface area (TPSA) is 68.9 Å². The maximum absolute atomic E-state index is 10.8. The molecule has 0 atom stereocenters. The van der Waals surface area contributed by atoms with Crippen LogP contribution >= 0.6 is 0 Å². The third-order valence-electron chi connectivity index (χ3n) is 4.83. The molecule has 1 aliphatic rings. The van der Waals surface area contributed by atoms with E-state index >= 15 is 0 Å². The Balaban J connectivity index is 1.94. The van der Waals surface area contributed by atoms with Crippen LogP contribution in [0, 0.1) is 0 Å². The quantitative estimate of drug-likeness (QED) is 0.690. The first-order valence-electron chi connectivity index (χ1n) is 7.92. The Bertz CT molecular complexity index is 747. The van der Waals surface area contributed by atoms with Gasteiger partial charge in [-0.15, -0.1) is 0 Å². The highest BCUT2D eigenvalue weighted by Gasteiger charge is 2.51. The number of furan rings is 1.